The summed E-state index contributed by atoms with van der Waals surface area (Å²) < 4.78 is 26.9. The second kappa shape index (κ2) is 22.0. The van der Waals surface area contributed by atoms with Crippen LogP contribution < -0.4 is 22.1 Å². The van der Waals surface area contributed by atoms with E-state index in [0.717, 1.165) is 23.3 Å². The minimum Gasteiger partial charge on any atom is -0.453 e. The number of tetrazole rings is 2. The van der Waals surface area contributed by atoms with Gasteiger partial charge in [-0.15, -0.1) is 20.4 Å². The van der Waals surface area contributed by atoms with Crippen LogP contribution in [0.1, 0.15) is 61.3 Å². The summed E-state index contributed by atoms with van der Waals surface area (Å²) in [6, 6.07) is 18.0. The van der Waals surface area contributed by atoms with Crippen molar-refractivity contribution in [2.24, 2.45) is 0 Å². The average Bonchev–Trinajstić information content (AvgIpc) is 4.33. The van der Waals surface area contributed by atoms with E-state index in [1.807, 2.05) is 60.7 Å². The van der Waals surface area contributed by atoms with E-state index in [9.17, 15) is 30.0 Å². The number of imidazole rings is 2. The molecule has 0 aliphatic carbocycles. The lowest BCUT2D eigenvalue weighted by Crippen LogP contribution is -2.34. The number of aryl methyl sites for hydroxylation is 2. The Morgan fingerprint density at radius 3 is 1.43 bits per heavy atom. The Morgan fingerprint density at radius 1 is 0.658 bits per heavy atom. The van der Waals surface area contributed by atoms with Crippen LogP contribution in [0.15, 0.2) is 85.5 Å². The van der Waals surface area contributed by atoms with E-state index in [1.165, 1.54) is 31.4 Å². The maximum absolute atomic E-state index is 13.6. The number of nitrogens with zero attached hydrogens (tertiary/aromatic N) is 16. The summed E-state index contributed by atoms with van der Waals surface area (Å²) in [4.78, 5) is 56.4. The minimum atomic E-state index is -1.64. The van der Waals surface area contributed by atoms with Crippen LogP contribution in [0.2, 0.25) is 0 Å². The lowest BCUT2D eigenvalue weighted by molar-refractivity contribution is -0.152. The quantitative estimate of drug-likeness (QED) is 0.0353. The second-order valence-corrected chi connectivity index (χ2v) is 17.6. The van der Waals surface area contributed by atoms with Crippen LogP contribution in [-0.4, -0.2) is 162 Å². The van der Waals surface area contributed by atoms with Gasteiger partial charge < -0.3 is 61.5 Å². The van der Waals surface area contributed by atoms with Crippen molar-refractivity contribution in [1.82, 2.24) is 79.5 Å². The minimum absolute atomic E-state index is 0.00857. The van der Waals surface area contributed by atoms with Gasteiger partial charge in [-0.3, -0.25) is 9.13 Å². The molecule has 2 aromatic carbocycles. The Balaban J connectivity index is 0.866. The largest absolute Gasteiger partial charge is 0.453 e. The first-order valence-corrected chi connectivity index (χ1v) is 24.1. The smallest absolute Gasteiger partial charge is 0.331 e. The lowest BCUT2D eigenvalue weighted by atomic mass is 10.1. The molecule has 0 spiro atoms. The molecule has 2 fully saturated rings. The van der Waals surface area contributed by atoms with E-state index in [0.29, 0.717) is 25.9 Å². The van der Waals surface area contributed by atoms with Crippen LogP contribution in [0.5, 0.6) is 0 Å². The number of carbonyl (C=O) groups excluding carboxylic acids is 2. The molecule has 396 valence electrons. The molecule has 10 N–H and O–H groups in total. The first-order valence-electron chi connectivity index (χ1n) is 24.1. The molecule has 0 amide bonds. The highest BCUT2D eigenvalue weighted by atomic mass is 16.6. The highest BCUT2D eigenvalue weighted by molar-refractivity contribution is 5.92. The number of nitrogens with one attached hydrogen (secondary N) is 2. The highest BCUT2D eigenvalue weighted by Crippen LogP contribution is 2.42. The maximum atomic E-state index is 13.6. The SMILES string of the molecule is CCn1nnc([C@H]2O[C@@H](n3cnc4c(N)nc(N[C@H](CO)Cc5ccccc5)nc43)[C@H](O)[C@@H]2OC(=O)/C=C\C(=O)O[C@H]2[C@@H](O)[C@H](n3cnc4c(N)nc(N[C@H](CO)Cc5ccccc5)nc43)O[C@@H]2c2nnn(CC)n2)n1. The van der Waals surface area contributed by atoms with Crippen LogP contribution in [0.3, 0.4) is 0 Å². The van der Waals surface area contributed by atoms with Gasteiger partial charge in [0, 0.05) is 12.2 Å². The molecule has 30 heteroatoms. The van der Waals surface area contributed by atoms with Gasteiger partial charge >= 0.3 is 11.9 Å². The van der Waals surface area contributed by atoms with Crippen LogP contribution in [0.4, 0.5) is 23.5 Å². The van der Waals surface area contributed by atoms with Crippen LogP contribution in [0, 0.1) is 0 Å². The number of hydrogen-bond acceptors (Lipinski definition) is 26. The van der Waals surface area contributed by atoms with E-state index in [2.05, 4.69) is 71.4 Å². The van der Waals surface area contributed by atoms with Gasteiger partial charge in [0.05, 0.1) is 51.0 Å². The molecule has 6 aromatic heterocycles. The van der Waals surface area contributed by atoms with Gasteiger partial charge in [-0.1, -0.05) is 60.7 Å². The molecule has 10 rings (SSSR count). The zero-order chi connectivity index (χ0) is 53.0. The number of aliphatic hydroxyl groups excluding tert-OH is 4. The zero-order valence-electron chi connectivity index (χ0n) is 40.6. The third kappa shape index (κ3) is 10.5. The molecule has 2 aliphatic rings. The molecule has 76 heavy (non-hydrogen) atoms. The van der Waals surface area contributed by atoms with E-state index in [1.54, 1.807) is 13.8 Å². The van der Waals surface area contributed by atoms with Crippen LogP contribution in [-0.2, 0) is 54.5 Å². The monoisotopic (exact) mass is 1040 g/mol. The normalized spacial score (nSPS) is 22.3. The Morgan fingerprint density at radius 2 is 1.07 bits per heavy atom. The molecule has 8 heterocycles. The molecular formula is C46H52N20O10. The number of carbonyl (C=O) groups is 2. The maximum Gasteiger partial charge on any atom is 0.331 e. The summed E-state index contributed by atoms with van der Waals surface area (Å²) in [6.07, 6.45) is -6.55. The van der Waals surface area contributed by atoms with Crippen molar-refractivity contribution in [3.63, 3.8) is 0 Å². The van der Waals surface area contributed by atoms with Crippen molar-refractivity contribution in [3.05, 3.63) is 108 Å². The standard InChI is InChI=1S/C46H52N20O10/c1-3-65-59-39(57-61-65)35-33(31(71)43(75-35)63-21-49-29-37(47)53-45(55-41(29)63)51-25(19-67)17-23-11-7-5-8-12-23)73-27(69)15-16-28(70)74-34-32(72)44(76-36(34)40-58-62-66(4-2)60-40)64-22-50-30-38(48)54-46(56-42(30)64)52-26(20-68)18-24-13-9-6-10-14-24/h5-16,21-22,25-26,31-36,43-44,67-68,71-72H,3-4,17-20H2,1-2H3,(H3,47,51,53,55)(H3,48,52,54,56)/b16-15-/t25-,26-,31+,32+,33-,34-,35-,36-,43+,44+/m0/s1. The first-order chi connectivity index (χ1) is 36.9. The Kier molecular flexibility index (Phi) is 14.7. The fourth-order valence-electron chi connectivity index (χ4n) is 8.79. The average molecular weight is 1050 g/mol. The number of benzene rings is 2. The molecule has 2 aliphatic heterocycles. The van der Waals surface area contributed by atoms with Crippen molar-refractivity contribution in [2.75, 3.05) is 35.3 Å². The Hall–Kier alpha value is -8.68. The zero-order valence-corrected chi connectivity index (χ0v) is 40.6. The number of nitrogens with two attached hydrogens (primary N) is 2. The fourth-order valence-corrected chi connectivity index (χ4v) is 8.79. The number of esters is 2. The molecular weight excluding hydrogens is 993 g/mol. The molecule has 0 radical (unpaired) electrons. The molecule has 10 atom stereocenters. The Bertz CT molecular complexity index is 3120. The van der Waals surface area contributed by atoms with E-state index in [4.69, 9.17) is 30.4 Å². The van der Waals surface area contributed by atoms with Crippen molar-refractivity contribution in [1.29, 1.82) is 0 Å². The van der Waals surface area contributed by atoms with Gasteiger partial charge in [-0.05, 0) is 48.2 Å². The number of aromatic nitrogens is 16. The van der Waals surface area contributed by atoms with Gasteiger partial charge in [0.1, 0.15) is 23.2 Å². The van der Waals surface area contributed by atoms with E-state index >= 15 is 0 Å². The summed E-state index contributed by atoms with van der Waals surface area (Å²) >= 11 is 0. The predicted molar refractivity (Wildman–Crippen MR) is 262 cm³/mol. The first kappa shape index (κ1) is 50.8. The second-order valence-electron chi connectivity index (χ2n) is 17.6. The molecule has 30 nitrogen and oxygen atoms in total. The van der Waals surface area contributed by atoms with Gasteiger partial charge in [-0.25, -0.2) is 19.6 Å². The van der Waals surface area contributed by atoms with Gasteiger partial charge in [0.2, 0.25) is 23.5 Å². The number of hydrogen-bond donors (Lipinski definition) is 8. The summed E-state index contributed by atoms with van der Waals surface area (Å²) in [6.45, 7) is 3.69. The third-order valence-corrected chi connectivity index (χ3v) is 12.5. The number of nitrogen functional groups attached to an aromatic ring is 2. The predicted octanol–water partition coefficient (Wildman–Crippen LogP) is -0.484. The molecule has 0 bridgehead atoms. The van der Waals surface area contributed by atoms with Crippen molar-refractivity contribution < 1.29 is 49.0 Å². The summed E-state index contributed by atoms with van der Waals surface area (Å²) in [7, 11) is 0. The van der Waals surface area contributed by atoms with Crippen LogP contribution in [0.25, 0.3) is 22.3 Å². The Labute approximate surface area is 429 Å². The van der Waals surface area contributed by atoms with E-state index < -0.39 is 73.1 Å². The third-order valence-electron chi connectivity index (χ3n) is 12.5. The molecule has 0 unspecified atom stereocenters. The summed E-state index contributed by atoms with van der Waals surface area (Å²) in [5.74, 6) is -2.21. The van der Waals surface area contributed by atoms with Crippen molar-refractivity contribution in [2.45, 2.75) is 101 Å². The number of fused-ring (bicyclic) bond motifs is 2. The van der Waals surface area contributed by atoms with Gasteiger partial charge in [0.15, 0.2) is 59.8 Å². The summed E-state index contributed by atoms with van der Waals surface area (Å²) in [5.41, 5.74) is 15.2. The number of rotatable bonds is 20. The van der Waals surface area contributed by atoms with Gasteiger partial charge in [-0.2, -0.15) is 29.5 Å². The lowest BCUT2D eigenvalue weighted by Gasteiger charge is -2.20. The topological polar surface area (TPSA) is 402 Å². The van der Waals surface area contributed by atoms with Crippen LogP contribution >= 0.6 is 0 Å². The highest BCUT2D eigenvalue weighted by Gasteiger charge is 2.52. The number of anilines is 4. The molecule has 2 saturated heterocycles. The number of aliphatic hydroxyl groups is 4. The molecule has 8 aromatic rings. The van der Waals surface area contributed by atoms with E-state index in [-0.39, 0.29) is 70.7 Å². The van der Waals surface area contributed by atoms with Crippen molar-refractivity contribution >= 4 is 57.8 Å². The van der Waals surface area contributed by atoms with Gasteiger partial charge in [0.25, 0.3) is 0 Å². The summed E-state index contributed by atoms with van der Waals surface area (Å²) in [5, 5.41) is 75.2. The molecule has 0 saturated carbocycles. The number of ether oxygens (including phenoxy) is 4. The fraction of sp³-hybridized carbons (Fsp3) is 0.391. The van der Waals surface area contributed by atoms with Crippen molar-refractivity contribution in [3.8, 4) is 0 Å².